The zero-order chi connectivity index (χ0) is 13.0. The van der Waals surface area contributed by atoms with Gasteiger partial charge in [-0.25, -0.2) is 13.3 Å². The molecule has 0 fully saturated rings. The van der Waals surface area contributed by atoms with E-state index in [1.54, 1.807) is 12.1 Å². The molecule has 0 amide bonds. The maximum atomic E-state index is 12.4. The summed E-state index contributed by atoms with van der Waals surface area (Å²) in [5.74, 6) is 0.695. The third kappa shape index (κ3) is 2.97. The van der Waals surface area contributed by atoms with E-state index in [4.69, 9.17) is 4.74 Å². The van der Waals surface area contributed by atoms with E-state index in [-0.39, 0.29) is 6.61 Å². The molecule has 1 unspecified atom stereocenters. The second-order valence-corrected chi connectivity index (χ2v) is 5.36. The van der Waals surface area contributed by atoms with E-state index in [1.165, 1.54) is 0 Å². The molecule has 98 valence electrons. The molecule has 3 nitrogen and oxygen atoms in total. The molecule has 18 heavy (non-hydrogen) atoms. The molecule has 0 radical (unpaired) electrons. The van der Waals surface area contributed by atoms with Gasteiger partial charge in [-0.05, 0) is 42.2 Å². The van der Waals surface area contributed by atoms with Crippen molar-refractivity contribution in [3.8, 4) is 5.75 Å². The van der Waals surface area contributed by atoms with Crippen LogP contribution in [0.4, 0.5) is 4.39 Å². The quantitative estimate of drug-likeness (QED) is 0.912. The predicted octanol–water partition coefficient (Wildman–Crippen LogP) is 2.50. The van der Waals surface area contributed by atoms with Crippen molar-refractivity contribution in [2.45, 2.75) is 24.7 Å². The molecule has 1 aliphatic heterocycles. The minimum atomic E-state index is -1.12. The van der Waals surface area contributed by atoms with E-state index in [1.807, 2.05) is 13.0 Å². The number of rotatable bonds is 4. The Labute approximate surface area is 109 Å². The van der Waals surface area contributed by atoms with Gasteiger partial charge in [0.1, 0.15) is 23.3 Å². The van der Waals surface area contributed by atoms with E-state index >= 15 is 0 Å². The van der Waals surface area contributed by atoms with E-state index in [9.17, 15) is 8.60 Å². The van der Waals surface area contributed by atoms with Crippen molar-refractivity contribution in [1.82, 2.24) is 4.72 Å². The van der Waals surface area contributed by atoms with Gasteiger partial charge in [-0.1, -0.05) is 6.92 Å². The van der Waals surface area contributed by atoms with E-state index in [2.05, 4.69) is 4.72 Å². The van der Waals surface area contributed by atoms with Crippen LogP contribution in [0.15, 0.2) is 35.0 Å². The highest BCUT2D eigenvalue weighted by atomic mass is 32.2. The molecule has 0 aromatic heterocycles. The molecule has 0 saturated heterocycles. The normalized spacial score (nSPS) is 19.4. The van der Waals surface area contributed by atoms with Crippen molar-refractivity contribution in [1.29, 1.82) is 0 Å². The minimum absolute atomic E-state index is 0.257. The van der Waals surface area contributed by atoms with E-state index < -0.39 is 11.0 Å². The number of benzene rings is 1. The highest BCUT2D eigenvalue weighted by Gasteiger charge is 2.15. The Morgan fingerprint density at radius 1 is 1.61 bits per heavy atom. The summed E-state index contributed by atoms with van der Waals surface area (Å²) in [7, 11) is -1.12. The van der Waals surface area contributed by atoms with Crippen LogP contribution < -0.4 is 9.46 Å². The Morgan fingerprint density at radius 3 is 3.17 bits per heavy atom. The second kappa shape index (κ2) is 6.11. The summed E-state index contributed by atoms with van der Waals surface area (Å²) in [6, 6.07) is 5.46. The maximum absolute atomic E-state index is 12.4. The first-order valence-corrected chi connectivity index (χ1v) is 7.08. The minimum Gasteiger partial charge on any atom is -0.489 e. The molecule has 1 heterocycles. The second-order valence-electron chi connectivity index (χ2n) is 4.09. The third-order valence-corrected chi connectivity index (χ3v) is 4.16. The van der Waals surface area contributed by atoms with Gasteiger partial charge in [-0.3, -0.25) is 0 Å². The van der Waals surface area contributed by atoms with Crippen molar-refractivity contribution in [2.24, 2.45) is 0 Å². The monoisotopic (exact) mass is 269 g/mol. The predicted molar refractivity (Wildman–Crippen MR) is 69.5 cm³/mol. The van der Waals surface area contributed by atoms with Gasteiger partial charge in [-0.15, -0.1) is 0 Å². The summed E-state index contributed by atoms with van der Waals surface area (Å²) in [5.41, 5.74) is 1.66. The van der Waals surface area contributed by atoms with E-state index in [0.29, 0.717) is 30.6 Å². The first-order chi connectivity index (χ1) is 8.74. The fourth-order valence-electron chi connectivity index (χ4n) is 1.76. The molecule has 1 aliphatic rings. The van der Waals surface area contributed by atoms with Crippen LogP contribution in [-0.4, -0.2) is 17.4 Å². The SMILES string of the molecule is CC/C(=C/F)COc1ccc2c(c1)CCNS2=O. The number of halogens is 1. The molecule has 0 saturated carbocycles. The first kappa shape index (κ1) is 13.2. The van der Waals surface area contributed by atoms with Gasteiger partial charge in [0.15, 0.2) is 0 Å². The summed E-state index contributed by atoms with van der Waals surface area (Å²) >= 11 is 0. The number of hydrogen-bond donors (Lipinski definition) is 1. The zero-order valence-corrected chi connectivity index (χ0v) is 11.1. The molecule has 0 aliphatic carbocycles. The van der Waals surface area contributed by atoms with Crippen molar-refractivity contribution in [2.75, 3.05) is 13.2 Å². The molecule has 1 atom stereocenters. The van der Waals surface area contributed by atoms with Crippen molar-refractivity contribution < 1.29 is 13.3 Å². The lowest BCUT2D eigenvalue weighted by Crippen LogP contribution is -2.26. The Kier molecular flexibility index (Phi) is 4.49. The number of ether oxygens (including phenoxy) is 1. The van der Waals surface area contributed by atoms with E-state index in [0.717, 1.165) is 16.9 Å². The number of fused-ring (bicyclic) bond motifs is 1. The number of hydrogen-bond acceptors (Lipinski definition) is 2. The van der Waals surface area contributed by atoms with Crippen LogP contribution in [0, 0.1) is 0 Å². The Balaban J connectivity index is 2.09. The van der Waals surface area contributed by atoms with Crippen LogP contribution in [0.1, 0.15) is 18.9 Å². The van der Waals surface area contributed by atoms with Gasteiger partial charge in [0.2, 0.25) is 0 Å². The highest BCUT2D eigenvalue weighted by Crippen LogP contribution is 2.23. The molecule has 1 N–H and O–H groups in total. The largest absolute Gasteiger partial charge is 0.489 e. The van der Waals surface area contributed by atoms with Crippen LogP contribution in [0.5, 0.6) is 5.75 Å². The van der Waals surface area contributed by atoms with Gasteiger partial charge < -0.3 is 4.74 Å². The summed E-state index contributed by atoms with van der Waals surface area (Å²) < 4.78 is 32.5. The Morgan fingerprint density at radius 2 is 2.44 bits per heavy atom. The number of nitrogens with one attached hydrogen (secondary N) is 1. The highest BCUT2D eigenvalue weighted by molar-refractivity contribution is 7.83. The molecule has 1 aromatic carbocycles. The summed E-state index contributed by atoms with van der Waals surface area (Å²) in [5, 5.41) is 0. The van der Waals surface area contributed by atoms with Crippen molar-refractivity contribution in [3.05, 3.63) is 35.7 Å². The van der Waals surface area contributed by atoms with Crippen LogP contribution in [0.25, 0.3) is 0 Å². The topological polar surface area (TPSA) is 38.3 Å². The molecule has 0 spiro atoms. The average Bonchev–Trinajstić information content (AvgIpc) is 2.40. The van der Waals surface area contributed by atoms with Crippen LogP contribution in [0.3, 0.4) is 0 Å². The fraction of sp³-hybridized carbons (Fsp3) is 0.385. The zero-order valence-electron chi connectivity index (χ0n) is 10.2. The fourth-order valence-corrected chi connectivity index (χ4v) is 2.80. The Hall–Kier alpha value is -1.20. The maximum Gasteiger partial charge on any atom is 0.125 e. The lowest BCUT2D eigenvalue weighted by Gasteiger charge is -2.17. The molecule has 5 heteroatoms. The van der Waals surface area contributed by atoms with Crippen LogP contribution >= 0.6 is 0 Å². The van der Waals surface area contributed by atoms with Gasteiger partial charge in [0.25, 0.3) is 0 Å². The molecule has 1 aromatic rings. The summed E-state index contributed by atoms with van der Waals surface area (Å²) in [6.07, 6.45) is 2.06. The van der Waals surface area contributed by atoms with Crippen molar-refractivity contribution in [3.63, 3.8) is 0 Å². The molecular formula is C13H16FNO2S. The molecular weight excluding hydrogens is 253 g/mol. The summed E-state index contributed by atoms with van der Waals surface area (Å²) in [4.78, 5) is 0.811. The van der Waals surface area contributed by atoms with Gasteiger partial charge >= 0.3 is 0 Å². The van der Waals surface area contributed by atoms with Gasteiger partial charge in [0.05, 0.1) is 11.2 Å². The van der Waals surface area contributed by atoms with Crippen LogP contribution in [-0.2, 0) is 17.4 Å². The van der Waals surface area contributed by atoms with Gasteiger partial charge in [-0.2, -0.15) is 0 Å². The summed E-state index contributed by atoms with van der Waals surface area (Å²) in [6.45, 7) is 2.84. The van der Waals surface area contributed by atoms with Gasteiger partial charge in [0, 0.05) is 6.54 Å². The molecule has 0 bridgehead atoms. The van der Waals surface area contributed by atoms with Crippen molar-refractivity contribution >= 4 is 11.0 Å². The Bertz CT molecular complexity index is 488. The smallest absolute Gasteiger partial charge is 0.125 e. The molecule has 2 rings (SSSR count). The third-order valence-electron chi connectivity index (χ3n) is 2.89. The van der Waals surface area contributed by atoms with Crippen LogP contribution in [0.2, 0.25) is 0 Å². The lowest BCUT2D eigenvalue weighted by atomic mass is 10.1. The first-order valence-electron chi connectivity index (χ1n) is 5.93. The standard InChI is InChI=1S/C13H16FNO2S/c1-2-10(8-14)9-17-12-3-4-13-11(7-12)5-6-15-18(13)16/h3-4,7-8,15H,2,5-6,9H2,1H3/b10-8-. The lowest BCUT2D eigenvalue weighted by molar-refractivity contribution is 0.345. The average molecular weight is 269 g/mol.